The Bertz CT molecular complexity index is 444. The molecule has 4 unspecified atom stereocenters. The lowest BCUT2D eigenvalue weighted by molar-refractivity contribution is 0.464. The molecule has 4 nitrogen and oxygen atoms in total. The maximum Gasteiger partial charge on any atom is 0.136 e. The van der Waals surface area contributed by atoms with Crippen LogP contribution in [0.4, 0.5) is 0 Å². The van der Waals surface area contributed by atoms with Gasteiger partial charge in [-0.25, -0.2) is 0 Å². The van der Waals surface area contributed by atoms with Crippen LogP contribution in [0.15, 0.2) is 18.5 Å². The van der Waals surface area contributed by atoms with Gasteiger partial charge in [0.05, 0.1) is 0 Å². The number of allylic oxidation sites excluding steroid dienone is 2. The van der Waals surface area contributed by atoms with Crippen LogP contribution in [0.25, 0.3) is 0 Å². The lowest BCUT2D eigenvalue weighted by atomic mass is 9.92. The molecule has 1 aromatic heterocycles. The topological polar surface area (TPSA) is 42.7 Å². The molecule has 2 aliphatic carbocycles. The molecular formula is C13H18N4. The molecule has 90 valence electrons. The van der Waals surface area contributed by atoms with E-state index in [0.29, 0.717) is 12.0 Å². The summed E-state index contributed by atoms with van der Waals surface area (Å²) in [6.45, 7) is 2.20. The van der Waals surface area contributed by atoms with E-state index < -0.39 is 0 Å². The minimum absolute atomic E-state index is 0.572. The number of hydrogen-bond donors (Lipinski definition) is 1. The zero-order chi connectivity index (χ0) is 11.2. The van der Waals surface area contributed by atoms with Gasteiger partial charge in [-0.15, -0.1) is 10.2 Å². The molecule has 4 heteroatoms. The maximum atomic E-state index is 4.41. The van der Waals surface area contributed by atoms with Crippen molar-refractivity contribution in [3.05, 3.63) is 24.3 Å². The SMILES string of the molecule is C1=CC2CC1CC2c1nncn1C1CCNC1. The van der Waals surface area contributed by atoms with Crippen LogP contribution in [-0.4, -0.2) is 27.9 Å². The van der Waals surface area contributed by atoms with Gasteiger partial charge in [0.1, 0.15) is 12.2 Å². The normalized spacial score (nSPS) is 39.3. The molecule has 4 atom stereocenters. The summed E-state index contributed by atoms with van der Waals surface area (Å²) in [5, 5.41) is 12.0. The first kappa shape index (κ1) is 9.83. The molecule has 0 amide bonds. The van der Waals surface area contributed by atoms with E-state index in [1.54, 1.807) is 0 Å². The van der Waals surface area contributed by atoms with Gasteiger partial charge in [0.25, 0.3) is 0 Å². The van der Waals surface area contributed by atoms with Crippen molar-refractivity contribution in [1.82, 2.24) is 20.1 Å². The smallest absolute Gasteiger partial charge is 0.136 e. The van der Waals surface area contributed by atoms with Gasteiger partial charge in [-0.1, -0.05) is 12.2 Å². The van der Waals surface area contributed by atoms with Crippen LogP contribution in [0.1, 0.15) is 37.0 Å². The zero-order valence-corrected chi connectivity index (χ0v) is 9.92. The van der Waals surface area contributed by atoms with Gasteiger partial charge in [-0.3, -0.25) is 0 Å². The molecule has 1 saturated carbocycles. The first-order chi connectivity index (χ1) is 8.42. The summed E-state index contributed by atoms with van der Waals surface area (Å²) < 4.78 is 2.33. The second-order valence-corrected chi connectivity index (χ2v) is 5.63. The van der Waals surface area contributed by atoms with E-state index in [0.717, 1.165) is 24.9 Å². The summed E-state index contributed by atoms with van der Waals surface area (Å²) in [4.78, 5) is 0. The third kappa shape index (κ3) is 1.47. The molecule has 1 saturated heterocycles. The van der Waals surface area contributed by atoms with E-state index in [1.807, 2.05) is 6.33 Å². The number of aromatic nitrogens is 3. The number of nitrogens with zero attached hydrogens (tertiary/aromatic N) is 3. The second-order valence-electron chi connectivity index (χ2n) is 5.63. The predicted octanol–water partition coefficient (Wildman–Crippen LogP) is 1.49. The highest BCUT2D eigenvalue weighted by molar-refractivity contribution is 5.18. The molecule has 3 aliphatic rings. The van der Waals surface area contributed by atoms with Gasteiger partial charge in [-0.2, -0.15) is 0 Å². The summed E-state index contributed by atoms with van der Waals surface area (Å²) in [7, 11) is 0. The average molecular weight is 230 g/mol. The second kappa shape index (κ2) is 3.67. The van der Waals surface area contributed by atoms with Crippen molar-refractivity contribution in [2.24, 2.45) is 11.8 Å². The van der Waals surface area contributed by atoms with Crippen LogP contribution in [0.5, 0.6) is 0 Å². The molecule has 0 spiro atoms. The van der Waals surface area contributed by atoms with Gasteiger partial charge in [-0.05, 0) is 37.6 Å². The van der Waals surface area contributed by atoms with Crippen molar-refractivity contribution < 1.29 is 0 Å². The Balaban J connectivity index is 1.65. The number of hydrogen-bond acceptors (Lipinski definition) is 3. The van der Waals surface area contributed by atoms with Crippen LogP contribution in [0.2, 0.25) is 0 Å². The Morgan fingerprint density at radius 3 is 3.00 bits per heavy atom. The summed E-state index contributed by atoms with van der Waals surface area (Å²) in [5.74, 6) is 3.37. The molecule has 2 fully saturated rings. The van der Waals surface area contributed by atoms with Crippen molar-refractivity contribution in [1.29, 1.82) is 0 Å². The molecule has 4 rings (SSSR count). The Hall–Kier alpha value is -1.16. The van der Waals surface area contributed by atoms with Crippen LogP contribution < -0.4 is 5.32 Å². The van der Waals surface area contributed by atoms with Gasteiger partial charge in [0.15, 0.2) is 0 Å². The standard InChI is InChI=1S/C13H18N4/c1-2-10-5-9(1)6-12(10)13-16-15-8-17(13)11-3-4-14-7-11/h1-2,8-12,14H,3-7H2. The van der Waals surface area contributed by atoms with Crippen LogP contribution in [0.3, 0.4) is 0 Å². The lowest BCUT2D eigenvalue weighted by Gasteiger charge is -2.21. The summed E-state index contributed by atoms with van der Waals surface area (Å²) in [6, 6.07) is 0.572. The van der Waals surface area contributed by atoms with Gasteiger partial charge in [0.2, 0.25) is 0 Å². The Labute approximate surface area is 101 Å². The number of nitrogens with one attached hydrogen (secondary N) is 1. The molecule has 1 N–H and O–H groups in total. The van der Waals surface area contributed by atoms with Crippen molar-refractivity contribution >= 4 is 0 Å². The van der Waals surface area contributed by atoms with Crippen molar-refractivity contribution in [2.75, 3.05) is 13.1 Å². The van der Waals surface area contributed by atoms with Gasteiger partial charge < -0.3 is 9.88 Å². The number of fused-ring (bicyclic) bond motifs is 2. The Kier molecular flexibility index (Phi) is 2.12. The van der Waals surface area contributed by atoms with E-state index in [4.69, 9.17) is 0 Å². The molecule has 0 aromatic carbocycles. The molecule has 1 aliphatic heterocycles. The monoisotopic (exact) mass is 230 g/mol. The first-order valence-electron chi connectivity index (χ1n) is 6.70. The highest BCUT2D eigenvalue weighted by Crippen LogP contribution is 2.48. The summed E-state index contributed by atoms with van der Waals surface area (Å²) in [5.41, 5.74) is 0. The molecule has 0 radical (unpaired) electrons. The average Bonchev–Trinajstić information content (AvgIpc) is 3.12. The fourth-order valence-corrected chi connectivity index (χ4v) is 3.75. The Morgan fingerprint density at radius 2 is 2.29 bits per heavy atom. The molecule has 1 aromatic rings. The van der Waals surface area contributed by atoms with Crippen LogP contribution >= 0.6 is 0 Å². The van der Waals surface area contributed by atoms with Crippen LogP contribution in [-0.2, 0) is 0 Å². The first-order valence-corrected chi connectivity index (χ1v) is 6.70. The highest BCUT2D eigenvalue weighted by atomic mass is 15.3. The summed E-state index contributed by atoms with van der Waals surface area (Å²) in [6.07, 6.45) is 10.5. The molecule has 17 heavy (non-hydrogen) atoms. The largest absolute Gasteiger partial charge is 0.315 e. The third-order valence-electron chi connectivity index (χ3n) is 4.64. The van der Waals surface area contributed by atoms with E-state index >= 15 is 0 Å². The fraction of sp³-hybridized carbons (Fsp3) is 0.692. The minimum Gasteiger partial charge on any atom is -0.315 e. The number of rotatable bonds is 2. The van der Waals surface area contributed by atoms with Gasteiger partial charge in [0, 0.05) is 18.5 Å². The van der Waals surface area contributed by atoms with E-state index in [1.165, 1.54) is 25.1 Å². The van der Waals surface area contributed by atoms with Crippen molar-refractivity contribution in [3.63, 3.8) is 0 Å². The van der Waals surface area contributed by atoms with E-state index in [-0.39, 0.29) is 0 Å². The third-order valence-corrected chi connectivity index (χ3v) is 4.64. The molecule has 2 heterocycles. The van der Waals surface area contributed by atoms with Gasteiger partial charge >= 0.3 is 0 Å². The van der Waals surface area contributed by atoms with Crippen molar-refractivity contribution in [2.45, 2.75) is 31.2 Å². The molecular weight excluding hydrogens is 212 g/mol. The Morgan fingerprint density at radius 1 is 1.29 bits per heavy atom. The van der Waals surface area contributed by atoms with Crippen molar-refractivity contribution in [3.8, 4) is 0 Å². The zero-order valence-electron chi connectivity index (χ0n) is 9.92. The lowest BCUT2D eigenvalue weighted by Crippen LogP contribution is -2.18. The summed E-state index contributed by atoms with van der Waals surface area (Å²) >= 11 is 0. The van der Waals surface area contributed by atoms with E-state index in [9.17, 15) is 0 Å². The fourth-order valence-electron chi connectivity index (χ4n) is 3.75. The minimum atomic E-state index is 0.572. The molecule has 2 bridgehead atoms. The highest BCUT2D eigenvalue weighted by Gasteiger charge is 2.39. The van der Waals surface area contributed by atoms with E-state index in [2.05, 4.69) is 32.2 Å². The maximum absolute atomic E-state index is 4.41. The van der Waals surface area contributed by atoms with Crippen LogP contribution in [0, 0.1) is 11.8 Å². The quantitative estimate of drug-likeness (QED) is 0.783. The predicted molar refractivity (Wildman–Crippen MR) is 64.6 cm³/mol.